The lowest BCUT2D eigenvalue weighted by Gasteiger charge is -2.13. The molecule has 24 heavy (non-hydrogen) atoms. The van der Waals surface area contributed by atoms with Gasteiger partial charge in [0.2, 0.25) is 5.88 Å². The maximum atomic E-state index is 5.57. The van der Waals surface area contributed by atoms with Crippen molar-refractivity contribution >= 4 is 23.0 Å². The highest BCUT2D eigenvalue weighted by atomic mass is 32.1. The molecule has 1 aromatic carbocycles. The van der Waals surface area contributed by atoms with Crippen LogP contribution in [0.5, 0.6) is 17.4 Å². The first kappa shape index (κ1) is 17.8. The number of pyridine rings is 1. The van der Waals surface area contributed by atoms with E-state index in [9.17, 15) is 0 Å². The van der Waals surface area contributed by atoms with Crippen molar-refractivity contribution < 1.29 is 14.2 Å². The first-order valence-corrected chi connectivity index (χ1v) is 7.91. The van der Waals surface area contributed by atoms with Gasteiger partial charge in [-0.25, -0.2) is 4.98 Å². The number of thiocarbonyl (C=S) groups is 1. The van der Waals surface area contributed by atoms with Gasteiger partial charge in [0, 0.05) is 12.6 Å². The number of hydrogen-bond donors (Lipinski definition) is 2. The number of hydrogen-bond acceptors (Lipinski definition) is 5. The summed E-state index contributed by atoms with van der Waals surface area (Å²) in [5.74, 6) is 1.99. The van der Waals surface area contributed by atoms with Crippen LogP contribution in [0.4, 0.5) is 5.69 Å². The van der Waals surface area contributed by atoms with Gasteiger partial charge in [0.1, 0.15) is 0 Å². The minimum absolute atomic E-state index is 0.510. The standard InChI is InChI=1S/C17H21N3O3S/c1-4-23-15-9-12(5-7-14(15)21-2)10-19-17(24)20-13-6-8-16(22-3)18-11-13/h5-9,11H,4,10H2,1-3H3,(H2,19,20,24). The quantitative estimate of drug-likeness (QED) is 0.747. The number of methoxy groups -OCH3 is 2. The van der Waals surface area contributed by atoms with E-state index in [1.54, 1.807) is 26.5 Å². The van der Waals surface area contributed by atoms with Gasteiger partial charge in [-0.15, -0.1) is 0 Å². The molecule has 2 N–H and O–H groups in total. The van der Waals surface area contributed by atoms with Crippen LogP contribution in [0, 0.1) is 0 Å². The molecule has 2 rings (SSSR count). The number of ether oxygens (including phenoxy) is 3. The Hall–Kier alpha value is -2.54. The van der Waals surface area contributed by atoms with E-state index in [4.69, 9.17) is 26.4 Å². The van der Waals surface area contributed by atoms with Gasteiger partial charge in [-0.2, -0.15) is 0 Å². The summed E-state index contributed by atoms with van der Waals surface area (Å²) in [7, 11) is 3.20. The molecule has 1 heterocycles. The molecule has 0 aliphatic carbocycles. The third-order valence-electron chi connectivity index (χ3n) is 3.18. The molecule has 0 radical (unpaired) electrons. The van der Waals surface area contributed by atoms with E-state index in [0.717, 1.165) is 17.0 Å². The SMILES string of the molecule is CCOc1cc(CNC(=S)Nc2ccc(OC)nc2)ccc1OC. The van der Waals surface area contributed by atoms with Crippen LogP contribution in [0.3, 0.4) is 0 Å². The molecule has 0 amide bonds. The van der Waals surface area contributed by atoms with Crippen molar-refractivity contribution in [3.63, 3.8) is 0 Å². The zero-order valence-electron chi connectivity index (χ0n) is 14.0. The average Bonchev–Trinajstić information content (AvgIpc) is 2.61. The number of nitrogens with zero attached hydrogens (tertiary/aromatic N) is 1. The third-order valence-corrected chi connectivity index (χ3v) is 3.43. The molecular weight excluding hydrogens is 326 g/mol. The number of aromatic nitrogens is 1. The summed E-state index contributed by atoms with van der Waals surface area (Å²) in [4.78, 5) is 4.12. The van der Waals surface area contributed by atoms with E-state index >= 15 is 0 Å². The van der Waals surface area contributed by atoms with E-state index in [1.807, 2.05) is 31.2 Å². The minimum Gasteiger partial charge on any atom is -0.493 e. The van der Waals surface area contributed by atoms with Gasteiger partial charge < -0.3 is 24.8 Å². The molecule has 1 aromatic heterocycles. The number of nitrogens with one attached hydrogen (secondary N) is 2. The van der Waals surface area contributed by atoms with Crippen LogP contribution in [-0.2, 0) is 6.54 Å². The molecular formula is C17H21N3O3S. The molecule has 0 fully saturated rings. The van der Waals surface area contributed by atoms with Crippen molar-refractivity contribution in [2.45, 2.75) is 13.5 Å². The lowest BCUT2D eigenvalue weighted by atomic mass is 10.2. The van der Waals surface area contributed by atoms with Crippen LogP contribution in [0.1, 0.15) is 12.5 Å². The van der Waals surface area contributed by atoms with Gasteiger partial charge in [0.15, 0.2) is 16.6 Å². The summed E-state index contributed by atoms with van der Waals surface area (Å²) in [6.07, 6.45) is 1.66. The van der Waals surface area contributed by atoms with Crippen LogP contribution in [0.25, 0.3) is 0 Å². The van der Waals surface area contributed by atoms with Gasteiger partial charge in [-0.05, 0) is 42.9 Å². The minimum atomic E-state index is 0.510. The predicted molar refractivity (Wildman–Crippen MR) is 98.0 cm³/mol. The molecule has 0 aliphatic rings. The summed E-state index contributed by atoms with van der Waals surface area (Å²) >= 11 is 5.29. The average molecular weight is 347 g/mol. The maximum Gasteiger partial charge on any atom is 0.213 e. The largest absolute Gasteiger partial charge is 0.493 e. The van der Waals surface area contributed by atoms with E-state index in [-0.39, 0.29) is 0 Å². The Labute approximate surface area is 147 Å². The maximum absolute atomic E-state index is 5.57. The highest BCUT2D eigenvalue weighted by Crippen LogP contribution is 2.27. The fraction of sp³-hybridized carbons (Fsp3) is 0.294. The van der Waals surface area contributed by atoms with Crippen molar-refractivity contribution in [3.05, 3.63) is 42.1 Å². The zero-order chi connectivity index (χ0) is 17.4. The van der Waals surface area contributed by atoms with Crippen molar-refractivity contribution in [2.24, 2.45) is 0 Å². The predicted octanol–water partition coefficient (Wildman–Crippen LogP) is 2.98. The lowest BCUT2D eigenvalue weighted by molar-refractivity contribution is 0.310. The Balaban J connectivity index is 1.92. The van der Waals surface area contributed by atoms with Gasteiger partial charge in [0.05, 0.1) is 32.7 Å². The van der Waals surface area contributed by atoms with Crippen molar-refractivity contribution in [1.29, 1.82) is 0 Å². The molecule has 0 saturated carbocycles. The van der Waals surface area contributed by atoms with Crippen molar-refractivity contribution in [1.82, 2.24) is 10.3 Å². The zero-order valence-corrected chi connectivity index (χ0v) is 14.8. The number of benzene rings is 1. The Morgan fingerprint density at radius 3 is 2.58 bits per heavy atom. The van der Waals surface area contributed by atoms with Crippen LogP contribution < -0.4 is 24.8 Å². The molecule has 0 aliphatic heterocycles. The van der Waals surface area contributed by atoms with Crippen LogP contribution >= 0.6 is 12.2 Å². The normalized spacial score (nSPS) is 9.96. The van der Waals surface area contributed by atoms with Crippen LogP contribution in [0.15, 0.2) is 36.5 Å². The Bertz CT molecular complexity index is 677. The topological polar surface area (TPSA) is 64.6 Å². The van der Waals surface area contributed by atoms with E-state index in [2.05, 4.69) is 15.6 Å². The number of anilines is 1. The van der Waals surface area contributed by atoms with Gasteiger partial charge in [0.25, 0.3) is 0 Å². The monoisotopic (exact) mass is 347 g/mol. The first-order valence-electron chi connectivity index (χ1n) is 7.51. The molecule has 6 nitrogen and oxygen atoms in total. The first-order chi connectivity index (χ1) is 11.7. The molecule has 128 valence electrons. The van der Waals surface area contributed by atoms with Crippen LogP contribution in [0.2, 0.25) is 0 Å². The summed E-state index contributed by atoms with van der Waals surface area (Å²) < 4.78 is 15.9. The summed E-state index contributed by atoms with van der Waals surface area (Å²) in [5.41, 5.74) is 1.83. The van der Waals surface area contributed by atoms with Gasteiger partial charge in [-0.3, -0.25) is 0 Å². The molecule has 0 saturated heterocycles. The van der Waals surface area contributed by atoms with E-state index in [0.29, 0.717) is 29.9 Å². The Kier molecular flexibility index (Phi) is 6.62. The second kappa shape index (κ2) is 8.93. The van der Waals surface area contributed by atoms with Gasteiger partial charge >= 0.3 is 0 Å². The van der Waals surface area contributed by atoms with Gasteiger partial charge in [-0.1, -0.05) is 6.07 Å². The number of rotatable bonds is 7. The molecule has 0 unspecified atom stereocenters. The van der Waals surface area contributed by atoms with Crippen molar-refractivity contribution in [2.75, 3.05) is 26.1 Å². The smallest absolute Gasteiger partial charge is 0.213 e. The highest BCUT2D eigenvalue weighted by molar-refractivity contribution is 7.80. The Morgan fingerprint density at radius 1 is 1.12 bits per heavy atom. The summed E-state index contributed by atoms with van der Waals surface area (Å²) in [5, 5.41) is 6.73. The third kappa shape index (κ3) is 4.99. The fourth-order valence-electron chi connectivity index (χ4n) is 2.03. The van der Waals surface area contributed by atoms with Crippen LogP contribution in [-0.4, -0.2) is 30.9 Å². The summed E-state index contributed by atoms with van der Waals surface area (Å²) in [6.45, 7) is 3.09. The molecule has 0 spiro atoms. The summed E-state index contributed by atoms with van der Waals surface area (Å²) in [6, 6.07) is 9.40. The van der Waals surface area contributed by atoms with Crippen molar-refractivity contribution in [3.8, 4) is 17.4 Å². The molecule has 7 heteroatoms. The Morgan fingerprint density at radius 2 is 1.96 bits per heavy atom. The second-order valence-electron chi connectivity index (χ2n) is 4.82. The van der Waals surface area contributed by atoms with E-state index < -0.39 is 0 Å². The molecule has 0 bridgehead atoms. The lowest BCUT2D eigenvalue weighted by Crippen LogP contribution is -2.27. The molecule has 0 atom stereocenters. The molecule has 2 aromatic rings. The fourth-order valence-corrected chi connectivity index (χ4v) is 2.22. The van der Waals surface area contributed by atoms with E-state index in [1.165, 1.54) is 0 Å². The highest BCUT2D eigenvalue weighted by Gasteiger charge is 2.06. The second-order valence-corrected chi connectivity index (χ2v) is 5.22.